The van der Waals surface area contributed by atoms with E-state index in [-0.39, 0.29) is 11.1 Å². The van der Waals surface area contributed by atoms with Crippen LogP contribution in [0.3, 0.4) is 0 Å². The fourth-order valence-corrected chi connectivity index (χ4v) is 4.39. The summed E-state index contributed by atoms with van der Waals surface area (Å²) in [4.78, 5) is 62.6. The van der Waals surface area contributed by atoms with E-state index >= 15 is 0 Å². The minimum atomic E-state index is -0.818. The highest BCUT2D eigenvalue weighted by Crippen LogP contribution is 2.30. The van der Waals surface area contributed by atoms with E-state index in [0.29, 0.717) is 26.2 Å². The summed E-state index contributed by atoms with van der Waals surface area (Å²) in [6, 6.07) is 11.5. The molecule has 3 aromatic rings. The van der Waals surface area contributed by atoms with E-state index in [4.69, 9.17) is 4.98 Å². The Morgan fingerprint density at radius 3 is 2.32 bits per heavy atom. The van der Waals surface area contributed by atoms with Crippen molar-refractivity contribution in [2.24, 2.45) is 0 Å². The van der Waals surface area contributed by atoms with Gasteiger partial charge in [-0.25, -0.2) is 9.97 Å². The van der Waals surface area contributed by atoms with Gasteiger partial charge in [-0.15, -0.1) is 0 Å². The van der Waals surface area contributed by atoms with Gasteiger partial charge >= 0.3 is 0 Å². The molecule has 0 N–H and O–H groups in total. The van der Waals surface area contributed by atoms with Crippen molar-refractivity contribution in [2.75, 3.05) is 37.6 Å². The Morgan fingerprint density at radius 1 is 0.971 bits per heavy atom. The number of nitro benzene ring substituents is 1. The van der Waals surface area contributed by atoms with Crippen LogP contribution in [0.15, 0.2) is 42.5 Å². The maximum atomic E-state index is 12.9. The Morgan fingerprint density at radius 2 is 1.65 bits per heavy atom. The van der Waals surface area contributed by atoms with Crippen LogP contribution < -0.4 is 4.90 Å². The van der Waals surface area contributed by atoms with Crippen molar-refractivity contribution < 1.29 is 19.3 Å². The standard InChI is InChI=1S/C23H20N6O5/c1-14-21(25-17-7-3-2-6-16(17)24-14)27-11-9-26(10-12-27)19(30)13-28-22(31)15-5-4-8-18(29(33)34)20(15)23(28)32/h2-8H,9-13H2,1H3. The zero-order valence-corrected chi connectivity index (χ0v) is 18.3. The number of para-hydroxylation sites is 2. The molecule has 0 saturated carbocycles. The predicted octanol–water partition coefficient (Wildman–Crippen LogP) is 1.79. The number of carbonyl (C=O) groups is 3. The maximum absolute atomic E-state index is 12.9. The number of benzene rings is 2. The first-order valence-electron chi connectivity index (χ1n) is 10.7. The van der Waals surface area contributed by atoms with Crippen molar-refractivity contribution in [3.8, 4) is 0 Å². The molecule has 0 atom stereocenters. The molecule has 5 rings (SSSR count). The van der Waals surface area contributed by atoms with Gasteiger partial charge in [-0.05, 0) is 25.1 Å². The number of hydrogen-bond donors (Lipinski definition) is 0. The van der Waals surface area contributed by atoms with E-state index in [1.165, 1.54) is 18.2 Å². The SMILES string of the molecule is Cc1nc2ccccc2nc1N1CCN(C(=O)CN2C(=O)c3cccc([N+](=O)[O-])c3C2=O)CC1. The number of piperazine rings is 1. The molecular weight excluding hydrogens is 440 g/mol. The Hall–Kier alpha value is -4.41. The molecule has 1 fully saturated rings. The molecule has 11 heteroatoms. The number of carbonyl (C=O) groups excluding carboxylic acids is 3. The number of imide groups is 1. The molecule has 2 aliphatic rings. The van der Waals surface area contributed by atoms with Crippen LogP contribution >= 0.6 is 0 Å². The zero-order chi connectivity index (χ0) is 24.0. The largest absolute Gasteiger partial charge is 0.352 e. The van der Waals surface area contributed by atoms with Crippen LogP contribution in [-0.4, -0.2) is 75.1 Å². The van der Waals surface area contributed by atoms with Gasteiger partial charge in [-0.3, -0.25) is 29.4 Å². The van der Waals surface area contributed by atoms with Crippen LogP contribution in [0.1, 0.15) is 26.4 Å². The van der Waals surface area contributed by atoms with E-state index in [0.717, 1.165) is 27.4 Å². The van der Waals surface area contributed by atoms with Gasteiger partial charge in [-0.1, -0.05) is 18.2 Å². The fourth-order valence-electron chi connectivity index (χ4n) is 4.39. The van der Waals surface area contributed by atoms with Gasteiger partial charge in [0.05, 0.1) is 27.2 Å². The van der Waals surface area contributed by atoms with Crippen LogP contribution in [-0.2, 0) is 4.79 Å². The number of fused-ring (bicyclic) bond motifs is 2. The van der Waals surface area contributed by atoms with Crippen LogP contribution in [0.5, 0.6) is 0 Å². The minimum Gasteiger partial charge on any atom is -0.352 e. The molecule has 172 valence electrons. The second-order valence-corrected chi connectivity index (χ2v) is 8.14. The van der Waals surface area contributed by atoms with E-state index in [1.807, 2.05) is 31.2 Å². The van der Waals surface area contributed by atoms with Crippen molar-refractivity contribution >= 4 is 40.3 Å². The molecule has 2 aromatic carbocycles. The molecule has 0 radical (unpaired) electrons. The fraction of sp³-hybridized carbons (Fsp3) is 0.261. The Bertz CT molecular complexity index is 1370. The molecule has 3 amide bonds. The van der Waals surface area contributed by atoms with Gasteiger partial charge in [0.15, 0.2) is 5.82 Å². The van der Waals surface area contributed by atoms with E-state index < -0.39 is 34.9 Å². The van der Waals surface area contributed by atoms with Crippen molar-refractivity contribution in [3.05, 3.63) is 69.4 Å². The third kappa shape index (κ3) is 3.51. The summed E-state index contributed by atoms with van der Waals surface area (Å²) in [5.74, 6) is -1.14. The highest BCUT2D eigenvalue weighted by Gasteiger charge is 2.42. The minimum absolute atomic E-state index is 0.0535. The van der Waals surface area contributed by atoms with Gasteiger partial charge < -0.3 is 9.80 Å². The molecule has 0 unspecified atom stereocenters. The van der Waals surface area contributed by atoms with Crippen LogP contribution in [0.2, 0.25) is 0 Å². The summed E-state index contributed by atoms with van der Waals surface area (Å²) in [7, 11) is 0. The monoisotopic (exact) mass is 460 g/mol. The normalized spacial score (nSPS) is 15.7. The lowest BCUT2D eigenvalue weighted by molar-refractivity contribution is -0.385. The van der Waals surface area contributed by atoms with Gasteiger partial charge in [0, 0.05) is 32.2 Å². The predicted molar refractivity (Wildman–Crippen MR) is 122 cm³/mol. The third-order valence-corrected chi connectivity index (χ3v) is 6.12. The summed E-state index contributed by atoms with van der Waals surface area (Å²) in [6.45, 7) is 3.25. The van der Waals surface area contributed by atoms with Crippen LogP contribution in [0.25, 0.3) is 11.0 Å². The quantitative estimate of drug-likeness (QED) is 0.327. The van der Waals surface area contributed by atoms with E-state index in [2.05, 4.69) is 9.88 Å². The lowest BCUT2D eigenvalue weighted by atomic mass is 10.1. The van der Waals surface area contributed by atoms with Crippen LogP contribution in [0.4, 0.5) is 11.5 Å². The summed E-state index contributed by atoms with van der Waals surface area (Å²) in [5, 5.41) is 11.3. The van der Waals surface area contributed by atoms with Crippen molar-refractivity contribution in [2.45, 2.75) is 6.92 Å². The lowest BCUT2D eigenvalue weighted by Gasteiger charge is -2.36. The number of amides is 3. The second-order valence-electron chi connectivity index (χ2n) is 8.14. The first-order chi connectivity index (χ1) is 16.3. The zero-order valence-electron chi connectivity index (χ0n) is 18.3. The highest BCUT2D eigenvalue weighted by molar-refractivity contribution is 6.24. The number of hydrogen-bond acceptors (Lipinski definition) is 8. The summed E-state index contributed by atoms with van der Waals surface area (Å²) in [5.41, 5.74) is 1.65. The molecule has 11 nitrogen and oxygen atoms in total. The van der Waals surface area contributed by atoms with Gasteiger partial charge in [0.2, 0.25) is 5.91 Å². The van der Waals surface area contributed by atoms with Crippen molar-refractivity contribution in [3.63, 3.8) is 0 Å². The first kappa shape index (κ1) is 21.4. The number of aromatic nitrogens is 2. The van der Waals surface area contributed by atoms with Crippen molar-refractivity contribution in [1.82, 2.24) is 19.8 Å². The summed E-state index contributed by atoms with van der Waals surface area (Å²) < 4.78 is 0. The van der Waals surface area contributed by atoms with Crippen LogP contribution in [0, 0.1) is 17.0 Å². The molecule has 34 heavy (non-hydrogen) atoms. The molecule has 0 spiro atoms. The Kier molecular flexibility index (Phi) is 5.16. The Balaban J connectivity index is 1.27. The average molecular weight is 460 g/mol. The van der Waals surface area contributed by atoms with Gasteiger partial charge in [0.1, 0.15) is 12.1 Å². The molecular formula is C23H20N6O5. The van der Waals surface area contributed by atoms with E-state index in [9.17, 15) is 24.5 Å². The number of anilines is 1. The first-order valence-corrected chi connectivity index (χ1v) is 10.7. The molecule has 3 heterocycles. The number of nitro groups is 1. The second kappa shape index (κ2) is 8.18. The molecule has 2 aliphatic heterocycles. The topological polar surface area (TPSA) is 130 Å². The van der Waals surface area contributed by atoms with Gasteiger partial charge in [0.25, 0.3) is 17.5 Å². The van der Waals surface area contributed by atoms with Gasteiger partial charge in [-0.2, -0.15) is 0 Å². The lowest BCUT2D eigenvalue weighted by Crippen LogP contribution is -2.52. The number of aryl methyl sites for hydroxylation is 1. The smallest absolute Gasteiger partial charge is 0.282 e. The molecule has 0 bridgehead atoms. The molecule has 1 saturated heterocycles. The van der Waals surface area contributed by atoms with Crippen molar-refractivity contribution in [1.29, 1.82) is 0 Å². The number of rotatable bonds is 4. The highest BCUT2D eigenvalue weighted by atomic mass is 16.6. The Labute approximate surface area is 193 Å². The summed E-state index contributed by atoms with van der Waals surface area (Å²) in [6.07, 6.45) is 0. The molecule has 1 aromatic heterocycles. The van der Waals surface area contributed by atoms with E-state index in [1.54, 1.807) is 4.90 Å². The number of nitrogens with zero attached hydrogens (tertiary/aromatic N) is 6. The summed E-state index contributed by atoms with van der Waals surface area (Å²) >= 11 is 0. The third-order valence-electron chi connectivity index (χ3n) is 6.12. The maximum Gasteiger partial charge on any atom is 0.282 e. The molecule has 0 aliphatic carbocycles. The average Bonchev–Trinajstić information content (AvgIpc) is 3.08.